The number of rotatable bonds is 3. The first-order valence-electron chi connectivity index (χ1n) is 4.18. The van der Waals surface area contributed by atoms with Gasteiger partial charge in [-0.15, -0.1) is 0 Å². The molecule has 1 rings (SSSR count). The first-order chi connectivity index (χ1) is 6.61. The molecule has 0 saturated heterocycles. The summed E-state index contributed by atoms with van der Waals surface area (Å²) >= 11 is 6.17. The highest BCUT2D eigenvalue weighted by molar-refractivity contribution is 9.12. The Balaban J connectivity index is 2.95. The number of esters is 1. The molecule has 0 saturated carbocycles. The quantitative estimate of drug-likeness (QED) is 0.741. The molecule has 0 fully saturated rings. The molecule has 1 heterocycles. The second kappa shape index (κ2) is 5.07. The van der Waals surface area contributed by atoms with Crippen molar-refractivity contribution in [2.24, 2.45) is 0 Å². The van der Waals surface area contributed by atoms with E-state index in [0.29, 0.717) is 23.1 Å². The van der Waals surface area contributed by atoms with Crippen molar-refractivity contribution in [1.82, 2.24) is 0 Å². The van der Waals surface area contributed by atoms with E-state index in [1.807, 2.05) is 6.92 Å². The minimum atomic E-state index is -1.26. The van der Waals surface area contributed by atoms with Crippen molar-refractivity contribution in [3.8, 4) is 0 Å². The van der Waals surface area contributed by atoms with Crippen molar-refractivity contribution >= 4 is 37.8 Å². The maximum Gasteiger partial charge on any atom is 0.343 e. The fraction of sp³-hybridized carbons (Fsp3) is 0.444. The Bertz CT molecular complexity index is 310. The molecular formula is C9H9Br2FO2. The molecule has 0 aromatic carbocycles. The van der Waals surface area contributed by atoms with Gasteiger partial charge in [0.25, 0.3) is 0 Å². The number of hydrogen-bond donors (Lipinski definition) is 0. The van der Waals surface area contributed by atoms with Crippen LogP contribution in [0.15, 0.2) is 20.8 Å². The third kappa shape index (κ3) is 2.25. The van der Waals surface area contributed by atoms with E-state index in [0.717, 1.165) is 0 Å². The summed E-state index contributed by atoms with van der Waals surface area (Å²) in [7, 11) is 0. The van der Waals surface area contributed by atoms with Crippen molar-refractivity contribution < 1.29 is 13.9 Å². The van der Waals surface area contributed by atoms with Gasteiger partial charge in [0, 0.05) is 4.99 Å². The normalized spacial score (nSPS) is 21.7. The van der Waals surface area contributed by atoms with Gasteiger partial charge >= 0.3 is 5.97 Å². The van der Waals surface area contributed by atoms with E-state index in [2.05, 4.69) is 31.9 Å². The van der Waals surface area contributed by atoms with E-state index in [4.69, 9.17) is 4.74 Å². The summed E-state index contributed by atoms with van der Waals surface area (Å²) < 4.78 is 18.7. The highest BCUT2D eigenvalue weighted by Crippen LogP contribution is 2.35. The van der Waals surface area contributed by atoms with Crippen LogP contribution < -0.4 is 0 Å². The van der Waals surface area contributed by atoms with Crippen molar-refractivity contribution in [3.05, 3.63) is 20.8 Å². The summed E-state index contributed by atoms with van der Waals surface area (Å²) in [6.45, 7) is 1.86. The van der Waals surface area contributed by atoms with E-state index < -0.39 is 12.1 Å². The molecule has 14 heavy (non-hydrogen) atoms. The zero-order valence-corrected chi connectivity index (χ0v) is 10.7. The molecule has 0 aromatic heterocycles. The largest absolute Gasteiger partial charge is 0.421 e. The van der Waals surface area contributed by atoms with Gasteiger partial charge in [0.1, 0.15) is 6.17 Å². The molecule has 1 atom stereocenters. The van der Waals surface area contributed by atoms with Gasteiger partial charge in [-0.1, -0.05) is 29.3 Å². The van der Waals surface area contributed by atoms with Gasteiger partial charge in [0.05, 0.1) is 10.1 Å². The Hall–Kier alpha value is -0.160. The Morgan fingerprint density at radius 2 is 2.29 bits per heavy atom. The Morgan fingerprint density at radius 3 is 2.71 bits per heavy atom. The smallest absolute Gasteiger partial charge is 0.343 e. The van der Waals surface area contributed by atoms with Crippen LogP contribution >= 0.6 is 31.9 Å². The van der Waals surface area contributed by atoms with Crippen molar-refractivity contribution in [2.45, 2.75) is 25.9 Å². The molecule has 0 aromatic rings. The van der Waals surface area contributed by atoms with Gasteiger partial charge in [-0.25, -0.2) is 9.18 Å². The molecule has 1 aliphatic heterocycles. The maximum absolute atomic E-state index is 13.5. The molecule has 78 valence electrons. The average molecular weight is 328 g/mol. The van der Waals surface area contributed by atoms with Gasteiger partial charge in [-0.3, -0.25) is 0 Å². The average Bonchev–Trinajstić information content (AvgIpc) is 2.41. The summed E-state index contributed by atoms with van der Waals surface area (Å²) in [6.07, 6.45) is -0.243. The monoisotopic (exact) mass is 326 g/mol. The summed E-state index contributed by atoms with van der Waals surface area (Å²) in [5.74, 6) is -0.285. The molecule has 1 aliphatic rings. The number of carbonyl (C=O) groups excluding carboxylic acids is 1. The van der Waals surface area contributed by atoms with E-state index >= 15 is 0 Å². The lowest BCUT2D eigenvalue weighted by Crippen LogP contribution is -2.11. The number of cyclic esters (lactones) is 1. The fourth-order valence-corrected chi connectivity index (χ4v) is 2.39. The molecular weight excluding hydrogens is 319 g/mol. The molecule has 0 radical (unpaired) electrons. The van der Waals surface area contributed by atoms with Crippen LogP contribution in [0, 0.1) is 0 Å². The summed E-state index contributed by atoms with van der Waals surface area (Å²) in [5.41, 5.74) is 0.0811. The van der Waals surface area contributed by atoms with Crippen LogP contribution in [-0.2, 0) is 9.53 Å². The van der Waals surface area contributed by atoms with Crippen LogP contribution in [0.1, 0.15) is 19.8 Å². The zero-order valence-electron chi connectivity index (χ0n) is 7.52. The maximum atomic E-state index is 13.5. The SMILES string of the molecule is CCCC(F)C1=C(Br)C(=CBr)OC1=O. The number of hydrogen-bond acceptors (Lipinski definition) is 2. The van der Waals surface area contributed by atoms with Crippen molar-refractivity contribution in [2.75, 3.05) is 0 Å². The van der Waals surface area contributed by atoms with Crippen LogP contribution in [0.3, 0.4) is 0 Å². The number of alkyl halides is 1. The minimum Gasteiger partial charge on any atom is -0.421 e. The van der Waals surface area contributed by atoms with Crippen LogP contribution in [-0.4, -0.2) is 12.1 Å². The van der Waals surface area contributed by atoms with Crippen LogP contribution in [0.2, 0.25) is 0 Å². The zero-order chi connectivity index (χ0) is 10.7. The lowest BCUT2D eigenvalue weighted by atomic mass is 10.1. The first kappa shape index (κ1) is 11.9. The standard InChI is InChI=1S/C9H9Br2FO2/c1-2-3-5(12)7-8(11)6(4-10)14-9(7)13/h4-5H,2-3H2,1H3. The predicted molar refractivity (Wildman–Crippen MR) is 58.9 cm³/mol. The molecule has 0 spiro atoms. The van der Waals surface area contributed by atoms with E-state index in [9.17, 15) is 9.18 Å². The van der Waals surface area contributed by atoms with E-state index in [1.54, 1.807) is 0 Å². The summed E-state index contributed by atoms with van der Waals surface area (Å²) in [5, 5.41) is 0. The number of carbonyl (C=O) groups is 1. The molecule has 2 nitrogen and oxygen atoms in total. The summed E-state index contributed by atoms with van der Waals surface area (Å²) in [6, 6.07) is 0. The Labute approximate surface area is 98.4 Å². The van der Waals surface area contributed by atoms with Gasteiger partial charge in [-0.2, -0.15) is 0 Å². The number of halogens is 3. The second-order valence-electron chi connectivity index (χ2n) is 2.85. The number of ether oxygens (including phenoxy) is 1. The highest BCUT2D eigenvalue weighted by Gasteiger charge is 2.33. The second-order valence-corrected chi connectivity index (χ2v) is 4.10. The van der Waals surface area contributed by atoms with E-state index in [-0.39, 0.29) is 5.57 Å². The molecule has 0 amide bonds. The van der Waals surface area contributed by atoms with E-state index in [1.165, 1.54) is 4.99 Å². The predicted octanol–water partition coefficient (Wildman–Crippen LogP) is 3.57. The molecule has 5 heteroatoms. The third-order valence-electron chi connectivity index (χ3n) is 1.83. The van der Waals surface area contributed by atoms with Crippen molar-refractivity contribution in [1.29, 1.82) is 0 Å². The topological polar surface area (TPSA) is 26.3 Å². The molecule has 0 aliphatic carbocycles. The van der Waals surface area contributed by atoms with Gasteiger partial charge in [0.2, 0.25) is 0 Å². The van der Waals surface area contributed by atoms with Crippen molar-refractivity contribution in [3.63, 3.8) is 0 Å². The first-order valence-corrected chi connectivity index (χ1v) is 5.89. The summed E-state index contributed by atoms with van der Waals surface area (Å²) in [4.78, 5) is 12.7. The number of allylic oxidation sites excluding steroid dienone is 1. The Kier molecular flexibility index (Phi) is 4.31. The van der Waals surface area contributed by atoms with Crippen LogP contribution in [0.25, 0.3) is 0 Å². The Morgan fingerprint density at radius 1 is 1.64 bits per heavy atom. The third-order valence-corrected chi connectivity index (χ3v) is 3.06. The van der Waals surface area contributed by atoms with Gasteiger partial charge < -0.3 is 4.74 Å². The van der Waals surface area contributed by atoms with Crippen LogP contribution in [0.4, 0.5) is 4.39 Å². The lowest BCUT2D eigenvalue weighted by Gasteiger charge is -2.04. The van der Waals surface area contributed by atoms with Crippen LogP contribution in [0.5, 0.6) is 0 Å². The minimum absolute atomic E-state index is 0.0811. The molecule has 0 bridgehead atoms. The van der Waals surface area contributed by atoms with Gasteiger partial charge in [0.15, 0.2) is 5.76 Å². The lowest BCUT2D eigenvalue weighted by molar-refractivity contribution is -0.133. The highest BCUT2D eigenvalue weighted by atomic mass is 79.9. The molecule has 1 unspecified atom stereocenters. The fourth-order valence-electron chi connectivity index (χ4n) is 1.16. The molecule has 0 N–H and O–H groups in total. The van der Waals surface area contributed by atoms with Gasteiger partial charge in [-0.05, 0) is 22.4 Å².